The fourth-order valence-electron chi connectivity index (χ4n) is 2.64. The van der Waals surface area contributed by atoms with Crippen molar-refractivity contribution < 1.29 is 19.0 Å². The Morgan fingerprint density at radius 1 is 1.50 bits per heavy atom. The number of halogens is 1. The Hall–Kier alpha value is -1.62. The third kappa shape index (κ3) is 3.10. The minimum Gasteiger partial charge on any atom is -0.497 e. The molecule has 0 unspecified atom stereocenters. The highest BCUT2D eigenvalue weighted by Crippen LogP contribution is 2.31. The summed E-state index contributed by atoms with van der Waals surface area (Å²) in [5.74, 6) is -0.539. The van der Waals surface area contributed by atoms with Crippen molar-refractivity contribution in [3.8, 4) is 5.75 Å². The summed E-state index contributed by atoms with van der Waals surface area (Å²) in [6.07, 6.45) is 0.0846. The number of nitrogens with zero attached hydrogens (tertiary/aromatic N) is 1. The van der Waals surface area contributed by atoms with Gasteiger partial charge < -0.3 is 9.84 Å². The Balaban J connectivity index is 1.99. The van der Waals surface area contributed by atoms with Gasteiger partial charge in [0.25, 0.3) is 0 Å². The highest BCUT2D eigenvalue weighted by Gasteiger charge is 2.44. The molecular formula is C15H20FNO3. The number of aliphatic carboxylic acids is 1. The van der Waals surface area contributed by atoms with Crippen molar-refractivity contribution in [3.63, 3.8) is 0 Å². The van der Waals surface area contributed by atoms with Crippen molar-refractivity contribution >= 4 is 5.97 Å². The van der Waals surface area contributed by atoms with Crippen LogP contribution in [0.3, 0.4) is 0 Å². The average Bonchev–Trinajstić information content (AvgIpc) is 2.43. The maximum absolute atomic E-state index is 14.1. The van der Waals surface area contributed by atoms with Crippen LogP contribution >= 0.6 is 0 Å². The van der Waals surface area contributed by atoms with Gasteiger partial charge in [0.2, 0.25) is 5.67 Å². The molecule has 0 radical (unpaired) electrons. The van der Waals surface area contributed by atoms with Crippen LogP contribution in [-0.4, -0.2) is 41.3 Å². The number of hydrogen-bond acceptors (Lipinski definition) is 3. The van der Waals surface area contributed by atoms with Crippen molar-refractivity contribution in [3.05, 3.63) is 29.8 Å². The lowest BCUT2D eigenvalue weighted by atomic mass is 9.88. The number of hydrogen-bond donors (Lipinski definition) is 1. The van der Waals surface area contributed by atoms with Gasteiger partial charge >= 0.3 is 5.97 Å². The van der Waals surface area contributed by atoms with Crippen molar-refractivity contribution in [2.75, 3.05) is 13.7 Å². The standard InChI is InChI=1S/C15H20FNO3/c1-11-9-15(16,14(18)19)7-8-17(11)10-12-3-5-13(20-2)6-4-12/h3-6,11H,7-10H2,1-2H3,(H,18,19)/t11-,15-/m1/s1. The summed E-state index contributed by atoms with van der Waals surface area (Å²) in [5.41, 5.74) is -0.963. The van der Waals surface area contributed by atoms with E-state index in [0.717, 1.165) is 11.3 Å². The fraction of sp³-hybridized carbons (Fsp3) is 0.533. The van der Waals surface area contributed by atoms with Crippen LogP contribution in [0.15, 0.2) is 24.3 Å². The van der Waals surface area contributed by atoms with E-state index in [2.05, 4.69) is 4.90 Å². The molecule has 2 atom stereocenters. The van der Waals surface area contributed by atoms with Crippen LogP contribution < -0.4 is 4.74 Å². The minimum absolute atomic E-state index is 0.0402. The number of carboxylic acids is 1. The third-order valence-electron chi connectivity index (χ3n) is 3.97. The quantitative estimate of drug-likeness (QED) is 0.921. The first-order valence-corrected chi connectivity index (χ1v) is 6.74. The molecule has 2 rings (SSSR count). The zero-order valence-corrected chi connectivity index (χ0v) is 11.8. The first kappa shape index (κ1) is 14.8. The Morgan fingerprint density at radius 2 is 2.15 bits per heavy atom. The number of carbonyl (C=O) groups is 1. The molecule has 0 aliphatic carbocycles. The van der Waals surface area contributed by atoms with Gasteiger partial charge in [0.05, 0.1) is 7.11 Å². The van der Waals surface area contributed by atoms with E-state index in [1.54, 1.807) is 7.11 Å². The summed E-state index contributed by atoms with van der Waals surface area (Å²) in [6.45, 7) is 3.02. The first-order chi connectivity index (χ1) is 9.44. The Bertz CT molecular complexity index is 477. The van der Waals surface area contributed by atoms with E-state index in [1.807, 2.05) is 31.2 Å². The highest BCUT2D eigenvalue weighted by atomic mass is 19.1. The van der Waals surface area contributed by atoms with Crippen LogP contribution in [0.4, 0.5) is 4.39 Å². The maximum Gasteiger partial charge on any atom is 0.341 e. The third-order valence-corrected chi connectivity index (χ3v) is 3.97. The normalized spacial score (nSPS) is 27.2. The fourth-order valence-corrected chi connectivity index (χ4v) is 2.64. The van der Waals surface area contributed by atoms with Gasteiger partial charge in [-0.1, -0.05) is 12.1 Å². The van der Waals surface area contributed by atoms with Crippen molar-refractivity contribution in [2.24, 2.45) is 0 Å². The summed E-state index contributed by atoms with van der Waals surface area (Å²) < 4.78 is 19.2. The summed E-state index contributed by atoms with van der Waals surface area (Å²) in [5, 5.41) is 8.94. The molecule has 20 heavy (non-hydrogen) atoms. The predicted octanol–water partition coefficient (Wildman–Crippen LogP) is 2.47. The second-order valence-corrected chi connectivity index (χ2v) is 5.39. The molecule has 0 bridgehead atoms. The number of rotatable bonds is 4. The van der Waals surface area contributed by atoms with E-state index in [1.165, 1.54) is 0 Å². The SMILES string of the molecule is COc1ccc(CN2CC[C@](F)(C(=O)O)C[C@H]2C)cc1. The zero-order valence-electron chi connectivity index (χ0n) is 11.8. The molecule has 5 heteroatoms. The van der Waals surface area contributed by atoms with Gasteiger partial charge in [0.1, 0.15) is 5.75 Å². The van der Waals surface area contributed by atoms with E-state index in [4.69, 9.17) is 9.84 Å². The Labute approximate surface area is 118 Å². The Kier molecular flexibility index (Phi) is 4.28. The van der Waals surface area contributed by atoms with E-state index >= 15 is 0 Å². The summed E-state index contributed by atoms with van der Waals surface area (Å²) in [7, 11) is 1.62. The number of piperidine rings is 1. The van der Waals surface area contributed by atoms with Crippen molar-refractivity contribution in [1.82, 2.24) is 4.90 Å². The molecule has 4 nitrogen and oxygen atoms in total. The molecule has 0 spiro atoms. The van der Waals surface area contributed by atoms with Gasteiger partial charge in [-0.15, -0.1) is 0 Å². The summed E-state index contributed by atoms with van der Waals surface area (Å²) in [6, 6.07) is 7.63. The molecule has 1 N–H and O–H groups in total. The molecule has 0 aromatic heterocycles. The molecule has 0 amide bonds. The lowest BCUT2D eigenvalue weighted by Crippen LogP contribution is -2.50. The second-order valence-electron chi connectivity index (χ2n) is 5.39. The van der Waals surface area contributed by atoms with Gasteiger partial charge in [0, 0.05) is 32.0 Å². The van der Waals surface area contributed by atoms with Crippen LogP contribution in [-0.2, 0) is 11.3 Å². The predicted molar refractivity (Wildman–Crippen MR) is 73.6 cm³/mol. The molecule has 1 heterocycles. The smallest absolute Gasteiger partial charge is 0.341 e. The summed E-state index contributed by atoms with van der Waals surface area (Å²) in [4.78, 5) is 13.1. The second kappa shape index (κ2) is 5.79. The zero-order chi connectivity index (χ0) is 14.8. The van der Waals surface area contributed by atoms with Crippen molar-refractivity contribution in [2.45, 2.75) is 38.0 Å². The molecule has 1 saturated heterocycles. The first-order valence-electron chi connectivity index (χ1n) is 6.74. The summed E-state index contributed by atoms with van der Waals surface area (Å²) >= 11 is 0. The molecule has 1 aliphatic rings. The van der Waals surface area contributed by atoms with Crippen LogP contribution in [0.1, 0.15) is 25.3 Å². The number of ether oxygens (including phenoxy) is 1. The number of carboxylic acid groups (broad SMARTS) is 1. The number of alkyl halides is 1. The van der Waals surface area contributed by atoms with Crippen LogP contribution in [0.2, 0.25) is 0 Å². The van der Waals surface area contributed by atoms with Gasteiger partial charge in [-0.3, -0.25) is 4.90 Å². The van der Waals surface area contributed by atoms with E-state index in [-0.39, 0.29) is 18.9 Å². The number of likely N-dealkylation sites (tertiary alicyclic amines) is 1. The number of methoxy groups -OCH3 is 1. The van der Waals surface area contributed by atoms with Crippen LogP contribution in [0.5, 0.6) is 5.75 Å². The van der Waals surface area contributed by atoms with E-state index in [9.17, 15) is 9.18 Å². The van der Waals surface area contributed by atoms with Gasteiger partial charge in [0.15, 0.2) is 0 Å². The van der Waals surface area contributed by atoms with E-state index in [0.29, 0.717) is 13.1 Å². The van der Waals surface area contributed by atoms with Gasteiger partial charge in [-0.05, 0) is 24.6 Å². The monoisotopic (exact) mass is 281 g/mol. The molecule has 1 fully saturated rings. The molecular weight excluding hydrogens is 261 g/mol. The molecule has 1 aliphatic heterocycles. The van der Waals surface area contributed by atoms with Gasteiger partial charge in [-0.2, -0.15) is 0 Å². The number of benzene rings is 1. The minimum atomic E-state index is -2.07. The highest BCUT2D eigenvalue weighted by molar-refractivity contribution is 5.77. The maximum atomic E-state index is 14.1. The Morgan fingerprint density at radius 3 is 2.65 bits per heavy atom. The van der Waals surface area contributed by atoms with Crippen LogP contribution in [0, 0.1) is 0 Å². The van der Waals surface area contributed by atoms with Crippen molar-refractivity contribution in [1.29, 1.82) is 0 Å². The lowest BCUT2D eigenvalue weighted by Gasteiger charge is -2.39. The topological polar surface area (TPSA) is 49.8 Å². The molecule has 1 aromatic carbocycles. The van der Waals surface area contributed by atoms with E-state index < -0.39 is 11.6 Å². The molecule has 0 saturated carbocycles. The average molecular weight is 281 g/mol. The van der Waals surface area contributed by atoms with Crippen LogP contribution in [0.25, 0.3) is 0 Å². The lowest BCUT2D eigenvalue weighted by molar-refractivity contribution is -0.155. The molecule has 1 aromatic rings. The van der Waals surface area contributed by atoms with Gasteiger partial charge in [-0.25, -0.2) is 9.18 Å². The molecule has 110 valence electrons. The largest absolute Gasteiger partial charge is 0.497 e.